The highest BCUT2D eigenvalue weighted by Crippen LogP contribution is 2.24. The predicted octanol–water partition coefficient (Wildman–Crippen LogP) is -0.273. The fourth-order valence-electron chi connectivity index (χ4n) is 1.35. The molecule has 0 saturated carbocycles. The topological polar surface area (TPSA) is 113 Å². The number of hydrogen-bond acceptors (Lipinski definition) is 5. The highest BCUT2D eigenvalue weighted by atomic mass is 32.2. The second-order valence-corrected chi connectivity index (χ2v) is 5.60. The average Bonchev–Trinajstić information content (AvgIpc) is 2.35. The van der Waals surface area contributed by atoms with E-state index in [1.54, 1.807) is 13.0 Å². The van der Waals surface area contributed by atoms with E-state index in [0.29, 0.717) is 5.56 Å². The number of rotatable bonds is 6. The molecule has 0 fully saturated rings. The molecule has 1 aromatic carbocycles. The summed E-state index contributed by atoms with van der Waals surface area (Å²) in [7, 11) is -2.62. The third-order valence-electron chi connectivity index (χ3n) is 2.36. The predicted molar refractivity (Wildman–Crippen MR) is 66.6 cm³/mol. The van der Waals surface area contributed by atoms with E-state index in [-0.39, 0.29) is 10.6 Å². The number of nitrogens with one attached hydrogen (secondary N) is 1. The molecule has 0 heterocycles. The summed E-state index contributed by atoms with van der Waals surface area (Å²) in [6.07, 6.45) is -1.80. The Labute approximate surface area is 110 Å². The molecule has 0 spiro atoms. The zero-order valence-corrected chi connectivity index (χ0v) is 11.3. The Bertz CT molecular complexity index is 569. The van der Waals surface area contributed by atoms with Gasteiger partial charge in [-0.1, -0.05) is 6.07 Å². The number of carbonyl (C=O) groups is 1. The van der Waals surface area contributed by atoms with Gasteiger partial charge in [-0.2, -0.15) is 0 Å². The van der Waals surface area contributed by atoms with Crippen LogP contribution in [0.4, 0.5) is 0 Å². The molecule has 3 N–H and O–H groups in total. The van der Waals surface area contributed by atoms with Crippen LogP contribution in [-0.4, -0.2) is 44.4 Å². The fraction of sp³-hybridized carbons (Fsp3) is 0.364. The molecule has 19 heavy (non-hydrogen) atoms. The van der Waals surface area contributed by atoms with E-state index >= 15 is 0 Å². The van der Waals surface area contributed by atoms with Crippen LogP contribution in [0.15, 0.2) is 23.1 Å². The van der Waals surface area contributed by atoms with Crippen LogP contribution in [0.2, 0.25) is 0 Å². The number of methoxy groups -OCH3 is 1. The van der Waals surface area contributed by atoms with Crippen LogP contribution in [-0.2, 0) is 14.8 Å². The van der Waals surface area contributed by atoms with Crippen LogP contribution in [0.1, 0.15) is 5.56 Å². The number of benzene rings is 1. The SMILES string of the molecule is COc1ccc(C)cc1S(=O)(=O)NCC(O)C(=O)O. The van der Waals surface area contributed by atoms with Crippen molar-refractivity contribution < 1.29 is 28.2 Å². The van der Waals surface area contributed by atoms with E-state index in [2.05, 4.69) is 0 Å². The molecule has 0 bridgehead atoms. The third kappa shape index (κ3) is 3.91. The van der Waals surface area contributed by atoms with Gasteiger partial charge in [-0.05, 0) is 24.6 Å². The number of aliphatic hydroxyl groups is 1. The molecule has 0 aromatic heterocycles. The zero-order chi connectivity index (χ0) is 14.6. The Morgan fingerprint density at radius 1 is 1.47 bits per heavy atom. The molecule has 1 rings (SSSR count). The molecule has 0 radical (unpaired) electrons. The quantitative estimate of drug-likeness (QED) is 0.664. The summed E-state index contributed by atoms with van der Waals surface area (Å²) in [5.41, 5.74) is 0.708. The summed E-state index contributed by atoms with van der Waals surface area (Å²) in [5, 5.41) is 17.5. The van der Waals surface area contributed by atoms with Crippen molar-refractivity contribution in [1.82, 2.24) is 4.72 Å². The van der Waals surface area contributed by atoms with Gasteiger partial charge in [-0.15, -0.1) is 0 Å². The number of aliphatic carboxylic acids is 1. The first-order chi connectivity index (χ1) is 8.77. The lowest BCUT2D eigenvalue weighted by Crippen LogP contribution is -2.36. The summed E-state index contributed by atoms with van der Waals surface area (Å²) in [5.74, 6) is -1.36. The van der Waals surface area contributed by atoms with Crippen molar-refractivity contribution in [2.45, 2.75) is 17.9 Å². The van der Waals surface area contributed by atoms with Crippen LogP contribution in [0.25, 0.3) is 0 Å². The van der Waals surface area contributed by atoms with Crippen molar-refractivity contribution in [2.24, 2.45) is 0 Å². The Hall–Kier alpha value is -1.64. The van der Waals surface area contributed by atoms with Crippen molar-refractivity contribution >= 4 is 16.0 Å². The summed E-state index contributed by atoms with van der Waals surface area (Å²) in [6, 6.07) is 4.58. The first-order valence-corrected chi connectivity index (χ1v) is 6.81. The third-order valence-corrected chi connectivity index (χ3v) is 3.81. The second-order valence-electron chi connectivity index (χ2n) is 3.86. The first kappa shape index (κ1) is 15.4. The number of hydrogen-bond donors (Lipinski definition) is 3. The molecule has 8 heteroatoms. The number of aliphatic hydroxyl groups excluding tert-OH is 1. The molecule has 0 aliphatic carbocycles. The summed E-state index contributed by atoms with van der Waals surface area (Å²) in [4.78, 5) is 10.3. The second kappa shape index (κ2) is 6.00. The van der Waals surface area contributed by atoms with E-state index in [1.165, 1.54) is 19.2 Å². The minimum atomic E-state index is -3.95. The normalized spacial score (nSPS) is 13.0. The average molecular weight is 289 g/mol. The van der Waals surface area contributed by atoms with Gasteiger partial charge in [0.25, 0.3) is 0 Å². The highest BCUT2D eigenvalue weighted by Gasteiger charge is 2.22. The van der Waals surface area contributed by atoms with Crippen molar-refractivity contribution in [3.05, 3.63) is 23.8 Å². The highest BCUT2D eigenvalue weighted by molar-refractivity contribution is 7.89. The number of carboxylic acids is 1. The minimum absolute atomic E-state index is 0.104. The molecule has 0 saturated heterocycles. The fourth-order valence-corrected chi connectivity index (χ4v) is 2.64. The van der Waals surface area contributed by atoms with Crippen LogP contribution in [0.3, 0.4) is 0 Å². The lowest BCUT2D eigenvalue weighted by Gasteiger charge is -2.12. The monoisotopic (exact) mass is 289 g/mol. The molecular weight excluding hydrogens is 274 g/mol. The summed E-state index contributed by atoms with van der Waals surface area (Å²) < 4.78 is 31.0. The van der Waals surface area contributed by atoms with Gasteiger partial charge < -0.3 is 14.9 Å². The van der Waals surface area contributed by atoms with Gasteiger partial charge >= 0.3 is 5.97 Å². The van der Waals surface area contributed by atoms with Crippen molar-refractivity contribution in [3.8, 4) is 5.75 Å². The van der Waals surface area contributed by atoms with Crippen molar-refractivity contribution in [2.75, 3.05) is 13.7 Å². The summed E-state index contributed by atoms with van der Waals surface area (Å²) in [6.45, 7) is 1.10. The molecule has 1 unspecified atom stereocenters. The lowest BCUT2D eigenvalue weighted by atomic mass is 10.2. The Kier molecular flexibility index (Phi) is 4.87. The van der Waals surface area contributed by atoms with E-state index in [0.717, 1.165) is 0 Å². The maximum Gasteiger partial charge on any atom is 0.333 e. The number of sulfonamides is 1. The van der Waals surface area contributed by atoms with Gasteiger partial charge in [-0.3, -0.25) is 0 Å². The van der Waals surface area contributed by atoms with Gasteiger partial charge in [0, 0.05) is 6.54 Å². The molecule has 7 nitrogen and oxygen atoms in total. The number of ether oxygens (including phenoxy) is 1. The van der Waals surface area contributed by atoms with Gasteiger partial charge in [0.15, 0.2) is 6.10 Å². The smallest absolute Gasteiger partial charge is 0.333 e. The molecule has 1 atom stereocenters. The standard InChI is InChI=1S/C11H15NO6S/c1-7-3-4-9(18-2)10(5-7)19(16,17)12-6-8(13)11(14)15/h3-5,8,12-13H,6H2,1-2H3,(H,14,15). The van der Waals surface area contributed by atoms with Crippen LogP contribution in [0, 0.1) is 6.92 Å². The first-order valence-electron chi connectivity index (χ1n) is 5.33. The molecular formula is C11H15NO6S. The van der Waals surface area contributed by atoms with E-state index in [4.69, 9.17) is 14.9 Å². The van der Waals surface area contributed by atoms with Crippen LogP contribution in [0.5, 0.6) is 5.75 Å². The van der Waals surface area contributed by atoms with Crippen molar-refractivity contribution in [1.29, 1.82) is 0 Å². The van der Waals surface area contributed by atoms with Gasteiger partial charge in [0.05, 0.1) is 7.11 Å². The lowest BCUT2D eigenvalue weighted by molar-refractivity contribution is -0.146. The van der Waals surface area contributed by atoms with E-state index in [9.17, 15) is 13.2 Å². The minimum Gasteiger partial charge on any atom is -0.495 e. The molecule has 0 aliphatic rings. The Balaban J connectivity index is 3.00. The van der Waals surface area contributed by atoms with Crippen LogP contribution < -0.4 is 9.46 Å². The number of carboxylic acid groups (broad SMARTS) is 1. The maximum absolute atomic E-state index is 12.0. The van der Waals surface area contributed by atoms with Gasteiger partial charge in [0.1, 0.15) is 10.6 Å². The molecule has 106 valence electrons. The molecule has 1 aromatic rings. The largest absolute Gasteiger partial charge is 0.495 e. The van der Waals surface area contributed by atoms with E-state index < -0.39 is 28.6 Å². The van der Waals surface area contributed by atoms with E-state index in [1.807, 2.05) is 4.72 Å². The van der Waals surface area contributed by atoms with Crippen molar-refractivity contribution in [3.63, 3.8) is 0 Å². The maximum atomic E-state index is 12.0. The zero-order valence-electron chi connectivity index (χ0n) is 10.5. The Morgan fingerprint density at radius 3 is 2.63 bits per heavy atom. The Morgan fingerprint density at radius 2 is 2.11 bits per heavy atom. The van der Waals surface area contributed by atoms with Gasteiger partial charge in [0.2, 0.25) is 10.0 Å². The summed E-state index contributed by atoms with van der Waals surface area (Å²) >= 11 is 0. The van der Waals surface area contributed by atoms with Gasteiger partial charge in [-0.25, -0.2) is 17.9 Å². The number of aryl methyl sites for hydroxylation is 1. The molecule has 0 aliphatic heterocycles. The molecule has 0 amide bonds. The van der Waals surface area contributed by atoms with Crippen LogP contribution >= 0.6 is 0 Å².